The summed E-state index contributed by atoms with van der Waals surface area (Å²) in [6.07, 6.45) is -5.97. The number of alkyl halides is 3. The van der Waals surface area contributed by atoms with E-state index >= 15 is 0 Å². The normalized spacial score (nSPS) is 12.2. The fraction of sp³-hybridized carbons (Fsp3) is 0.357. The third-order valence-electron chi connectivity index (χ3n) is 2.48. The Bertz CT molecular complexity index is 512. The predicted molar refractivity (Wildman–Crippen MR) is 69.6 cm³/mol. The van der Waals surface area contributed by atoms with Gasteiger partial charge in [0.15, 0.2) is 0 Å². The van der Waals surface area contributed by atoms with Crippen LogP contribution in [0.5, 0.6) is 0 Å². The summed E-state index contributed by atoms with van der Waals surface area (Å²) in [6, 6.07) is 6.37. The van der Waals surface area contributed by atoms with E-state index in [4.69, 9.17) is 5.73 Å². The topological polar surface area (TPSA) is 55.1 Å². The highest BCUT2D eigenvalue weighted by molar-refractivity contribution is 5.77. The molecule has 1 aromatic carbocycles. The average Bonchev–Trinajstić information content (AvgIpc) is 2.34. The minimum absolute atomic E-state index is 0.256. The Hall–Kier alpha value is -2.00. The molecule has 1 aromatic rings. The predicted octanol–water partition coefficient (Wildman–Crippen LogP) is 2.13. The molecule has 0 saturated heterocycles. The van der Waals surface area contributed by atoms with Crippen LogP contribution >= 0.6 is 0 Å². The summed E-state index contributed by atoms with van der Waals surface area (Å²) in [4.78, 5) is 11.2. The highest BCUT2D eigenvalue weighted by Gasteiger charge is 2.31. The van der Waals surface area contributed by atoms with Crippen molar-refractivity contribution in [3.8, 4) is 11.8 Å². The molecule has 0 saturated carbocycles. The second-order valence-corrected chi connectivity index (χ2v) is 4.21. The van der Waals surface area contributed by atoms with Crippen LogP contribution in [-0.4, -0.2) is 18.6 Å². The first-order valence-electron chi connectivity index (χ1n) is 5.97. The molecule has 0 aromatic heterocycles. The lowest BCUT2D eigenvalue weighted by Gasteiger charge is -2.15. The number of halogens is 3. The van der Waals surface area contributed by atoms with Gasteiger partial charge in [-0.05, 0) is 24.6 Å². The Balaban J connectivity index is 2.64. The van der Waals surface area contributed by atoms with Crippen molar-refractivity contribution in [1.29, 1.82) is 0 Å². The van der Waals surface area contributed by atoms with Gasteiger partial charge in [-0.2, -0.15) is 13.2 Å². The van der Waals surface area contributed by atoms with Crippen molar-refractivity contribution < 1.29 is 18.0 Å². The molecule has 0 aliphatic heterocycles. The maximum atomic E-state index is 12.0. The number of amides is 1. The van der Waals surface area contributed by atoms with E-state index in [9.17, 15) is 18.0 Å². The summed E-state index contributed by atoms with van der Waals surface area (Å²) >= 11 is 0. The maximum absolute atomic E-state index is 12.0. The highest BCUT2D eigenvalue weighted by Crippen LogP contribution is 2.20. The van der Waals surface area contributed by atoms with Gasteiger partial charge in [-0.1, -0.05) is 24.0 Å². The van der Waals surface area contributed by atoms with Gasteiger partial charge in [0.1, 0.15) is 6.42 Å². The Morgan fingerprint density at radius 2 is 1.95 bits per heavy atom. The molecule has 1 amide bonds. The van der Waals surface area contributed by atoms with E-state index < -0.39 is 24.5 Å². The largest absolute Gasteiger partial charge is 0.397 e. The molecule has 1 atom stereocenters. The van der Waals surface area contributed by atoms with Crippen molar-refractivity contribution in [2.75, 3.05) is 6.54 Å². The lowest BCUT2D eigenvalue weighted by atomic mass is 10.1. The molecule has 0 bridgehead atoms. The summed E-state index contributed by atoms with van der Waals surface area (Å²) < 4.78 is 36.1. The Morgan fingerprint density at radius 3 is 2.45 bits per heavy atom. The summed E-state index contributed by atoms with van der Waals surface area (Å²) in [5.74, 6) is 4.48. The van der Waals surface area contributed by atoms with Crippen molar-refractivity contribution in [3.05, 3.63) is 35.4 Å². The number of hydrogen-bond acceptors (Lipinski definition) is 2. The number of rotatable bonds is 3. The first kappa shape index (κ1) is 16.1. The molecule has 20 heavy (non-hydrogen) atoms. The van der Waals surface area contributed by atoms with Gasteiger partial charge in [0.2, 0.25) is 5.91 Å². The molecule has 0 aliphatic carbocycles. The van der Waals surface area contributed by atoms with Gasteiger partial charge >= 0.3 is 6.18 Å². The molecule has 108 valence electrons. The zero-order valence-corrected chi connectivity index (χ0v) is 10.9. The zero-order valence-electron chi connectivity index (χ0n) is 10.9. The molecule has 3 N–H and O–H groups in total. The third-order valence-corrected chi connectivity index (χ3v) is 2.48. The quantitative estimate of drug-likeness (QED) is 0.835. The Labute approximate surface area is 115 Å². The molecule has 1 rings (SSSR count). The molecule has 3 nitrogen and oxygen atoms in total. The summed E-state index contributed by atoms with van der Waals surface area (Å²) in [5.41, 5.74) is 6.71. The number of nitrogens with two attached hydrogens (primary N) is 1. The lowest BCUT2D eigenvalue weighted by Crippen LogP contribution is -2.30. The van der Waals surface area contributed by atoms with Crippen molar-refractivity contribution in [2.45, 2.75) is 25.6 Å². The molecule has 0 heterocycles. The number of carbonyl (C=O) groups excluding carboxylic acids is 1. The number of hydrogen-bond donors (Lipinski definition) is 2. The highest BCUT2D eigenvalue weighted by atomic mass is 19.4. The van der Waals surface area contributed by atoms with Crippen LogP contribution in [0, 0.1) is 11.8 Å². The van der Waals surface area contributed by atoms with Gasteiger partial charge in [0, 0.05) is 5.56 Å². The van der Waals surface area contributed by atoms with E-state index in [0.29, 0.717) is 5.56 Å². The maximum Gasteiger partial charge on any atom is 0.397 e. The zero-order chi connectivity index (χ0) is 15.2. The second kappa shape index (κ2) is 6.96. The van der Waals surface area contributed by atoms with Gasteiger partial charge in [-0.3, -0.25) is 4.79 Å². The standard InChI is InChI=1S/C14H15F3N2O/c1-10(19-13(20)9-14(15,16)17)12-6-4-11(5-7-12)3-2-8-18/h4-7,10H,8-9,18H2,1H3,(H,19,20). The number of carbonyl (C=O) groups is 1. The second-order valence-electron chi connectivity index (χ2n) is 4.21. The van der Waals surface area contributed by atoms with E-state index in [2.05, 4.69) is 17.2 Å². The summed E-state index contributed by atoms with van der Waals surface area (Å²) in [5, 5.41) is 2.30. The van der Waals surface area contributed by atoms with Crippen LogP contribution in [0.3, 0.4) is 0 Å². The van der Waals surface area contributed by atoms with Crippen LogP contribution in [-0.2, 0) is 4.79 Å². The molecular formula is C14H15F3N2O. The van der Waals surface area contributed by atoms with Crippen LogP contribution in [0.25, 0.3) is 0 Å². The van der Waals surface area contributed by atoms with Gasteiger partial charge in [-0.25, -0.2) is 0 Å². The van der Waals surface area contributed by atoms with Gasteiger partial charge in [0.25, 0.3) is 0 Å². The fourth-order valence-electron chi connectivity index (χ4n) is 1.57. The van der Waals surface area contributed by atoms with Crippen LogP contribution in [0.4, 0.5) is 13.2 Å². The van der Waals surface area contributed by atoms with E-state index in [-0.39, 0.29) is 6.54 Å². The minimum atomic E-state index is -4.49. The van der Waals surface area contributed by atoms with Crippen molar-refractivity contribution in [3.63, 3.8) is 0 Å². The van der Waals surface area contributed by atoms with E-state index in [1.807, 2.05) is 0 Å². The Morgan fingerprint density at radius 1 is 1.35 bits per heavy atom. The SMILES string of the molecule is CC(NC(=O)CC(F)(F)F)c1ccc(C#CCN)cc1. The van der Waals surface area contributed by atoms with Gasteiger partial charge < -0.3 is 11.1 Å². The van der Waals surface area contributed by atoms with Gasteiger partial charge in [0.05, 0.1) is 12.6 Å². The molecule has 0 aliphatic rings. The van der Waals surface area contributed by atoms with Crippen molar-refractivity contribution >= 4 is 5.91 Å². The molecule has 0 spiro atoms. The summed E-state index contributed by atoms with van der Waals surface area (Å²) in [6.45, 7) is 1.88. The van der Waals surface area contributed by atoms with Crippen LogP contribution in [0.1, 0.15) is 30.5 Å². The van der Waals surface area contributed by atoms with Gasteiger partial charge in [-0.15, -0.1) is 0 Å². The minimum Gasteiger partial charge on any atom is -0.349 e. The number of benzene rings is 1. The lowest BCUT2D eigenvalue weighted by molar-refractivity contribution is -0.154. The summed E-state index contributed by atoms with van der Waals surface area (Å²) in [7, 11) is 0. The third kappa shape index (κ3) is 5.76. The van der Waals surface area contributed by atoms with Crippen LogP contribution in [0.2, 0.25) is 0 Å². The van der Waals surface area contributed by atoms with Crippen molar-refractivity contribution in [1.82, 2.24) is 5.32 Å². The molecule has 0 radical (unpaired) electrons. The smallest absolute Gasteiger partial charge is 0.349 e. The first-order chi connectivity index (χ1) is 9.31. The average molecular weight is 284 g/mol. The van der Waals surface area contributed by atoms with E-state index in [0.717, 1.165) is 5.56 Å². The fourth-order valence-corrected chi connectivity index (χ4v) is 1.57. The molecule has 6 heteroatoms. The monoisotopic (exact) mass is 284 g/mol. The van der Waals surface area contributed by atoms with E-state index in [1.54, 1.807) is 31.2 Å². The van der Waals surface area contributed by atoms with Crippen molar-refractivity contribution in [2.24, 2.45) is 5.73 Å². The van der Waals surface area contributed by atoms with Crippen LogP contribution in [0.15, 0.2) is 24.3 Å². The molecule has 1 unspecified atom stereocenters. The van der Waals surface area contributed by atoms with Crippen LogP contribution < -0.4 is 11.1 Å². The number of nitrogens with one attached hydrogen (secondary N) is 1. The Kier molecular flexibility index (Phi) is 5.59. The van der Waals surface area contributed by atoms with E-state index in [1.165, 1.54) is 0 Å². The first-order valence-corrected chi connectivity index (χ1v) is 5.97. The molecule has 0 fully saturated rings. The molecular weight excluding hydrogens is 269 g/mol.